The molecule has 0 aromatic carbocycles. The molecule has 0 aromatic heterocycles. The molecule has 1 atom stereocenters. The predicted octanol–water partition coefficient (Wildman–Crippen LogP) is -0.557. The molecule has 1 unspecified atom stereocenters. The van der Waals surface area contributed by atoms with Gasteiger partial charge in [-0.3, -0.25) is 0 Å². The zero-order valence-electron chi connectivity index (χ0n) is 4.64. The van der Waals surface area contributed by atoms with Crippen molar-refractivity contribution in [3.05, 3.63) is 0 Å². The molecular weight excluding hydrogens is 106 g/mol. The van der Waals surface area contributed by atoms with Crippen LogP contribution in [-0.4, -0.2) is 17.1 Å². The molecule has 0 aromatic rings. The Morgan fingerprint density at radius 1 is 2.00 bits per heavy atom. The molecular formula is C4H9NOSi. The lowest BCUT2D eigenvalue weighted by molar-refractivity contribution is 0.315. The zero-order chi connectivity index (χ0) is 5.70. The van der Waals surface area contributed by atoms with Crippen LogP contribution in [0.4, 0.5) is 0 Å². The second-order valence-corrected chi connectivity index (χ2v) is 2.06. The molecule has 0 amide bonds. The summed E-state index contributed by atoms with van der Waals surface area (Å²) >= 11 is 0. The number of hydrogen-bond acceptors (Lipinski definition) is 2. The smallest absolute Gasteiger partial charge is 0.146 e. The van der Waals surface area contributed by atoms with E-state index in [2.05, 4.69) is 6.07 Å². The third kappa shape index (κ3) is 3.50. The van der Waals surface area contributed by atoms with Crippen LogP contribution in [-0.2, 0) is 4.43 Å². The summed E-state index contributed by atoms with van der Waals surface area (Å²) in [6.07, 6.45) is 0. The molecule has 0 aliphatic heterocycles. The molecule has 2 nitrogen and oxygen atoms in total. The Morgan fingerprint density at radius 2 is 2.57 bits per heavy atom. The van der Waals surface area contributed by atoms with Crippen LogP contribution in [0.15, 0.2) is 0 Å². The van der Waals surface area contributed by atoms with Gasteiger partial charge >= 0.3 is 0 Å². The van der Waals surface area contributed by atoms with Gasteiger partial charge in [0.25, 0.3) is 0 Å². The molecule has 0 bridgehead atoms. The summed E-state index contributed by atoms with van der Waals surface area (Å²) in [5.41, 5.74) is 0. The maximum atomic E-state index is 8.15. The van der Waals surface area contributed by atoms with Crippen molar-refractivity contribution in [3.63, 3.8) is 0 Å². The van der Waals surface area contributed by atoms with E-state index in [-0.39, 0.29) is 5.92 Å². The van der Waals surface area contributed by atoms with Crippen molar-refractivity contribution in [2.24, 2.45) is 5.92 Å². The van der Waals surface area contributed by atoms with E-state index in [4.69, 9.17) is 9.69 Å². The molecule has 7 heavy (non-hydrogen) atoms. The van der Waals surface area contributed by atoms with Gasteiger partial charge in [0.2, 0.25) is 0 Å². The fraction of sp³-hybridized carbons (Fsp3) is 0.750. The molecule has 0 aliphatic carbocycles. The summed E-state index contributed by atoms with van der Waals surface area (Å²) in [6, 6.07) is 2.06. The van der Waals surface area contributed by atoms with Crippen molar-refractivity contribution in [2.45, 2.75) is 6.92 Å². The normalized spacial score (nSPS) is 13.1. The van der Waals surface area contributed by atoms with E-state index in [1.54, 1.807) is 0 Å². The van der Waals surface area contributed by atoms with E-state index >= 15 is 0 Å². The van der Waals surface area contributed by atoms with Crippen LogP contribution < -0.4 is 0 Å². The molecule has 0 rings (SSSR count). The monoisotopic (exact) mass is 115 g/mol. The van der Waals surface area contributed by atoms with Crippen LogP contribution in [0.2, 0.25) is 0 Å². The van der Waals surface area contributed by atoms with Gasteiger partial charge in [-0.25, -0.2) is 0 Å². The first-order valence-electron chi connectivity index (χ1n) is 2.19. The second-order valence-electron chi connectivity index (χ2n) is 1.49. The van der Waals surface area contributed by atoms with Crippen LogP contribution in [0.1, 0.15) is 6.92 Å². The van der Waals surface area contributed by atoms with Gasteiger partial charge in [0.05, 0.1) is 12.0 Å². The molecule has 0 saturated carbocycles. The maximum Gasteiger partial charge on any atom is 0.146 e. The molecule has 0 spiro atoms. The summed E-state index contributed by atoms with van der Waals surface area (Å²) < 4.78 is 4.81. The van der Waals surface area contributed by atoms with Gasteiger partial charge < -0.3 is 4.43 Å². The Kier molecular flexibility index (Phi) is 3.66. The average Bonchev–Trinajstić information content (AvgIpc) is 1.68. The van der Waals surface area contributed by atoms with Gasteiger partial charge in [-0.1, -0.05) is 0 Å². The highest BCUT2D eigenvalue weighted by Crippen LogP contribution is 1.88. The Labute approximate surface area is 46.6 Å². The zero-order valence-corrected chi connectivity index (χ0v) is 6.64. The summed E-state index contributed by atoms with van der Waals surface area (Å²) in [7, 11) is 0.740. The molecule has 3 heteroatoms. The van der Waals surface area contributed by atoms with E-state index in [0.29, 0.717) is 6.61 Å². The average molecular weight is 115 g/mol. The number of nitrogens with zero attached hydrogens (tertiary/aromatic N) is 1. The van der Waals surface area contributed by atoms with E-state index in [1.807, 2.05) is 6.92 Å². The topological polar surface area (TPSA) is 33.0 Å². The fourth-order valence-electron chi connectivity index (χ4n) is 0.287. The lowest BCUT2D eigenvalue weighted by Crippen LogP contribution is -1.99. The standard InChI is InChI=1S/C4H9NOSi/c1-4(2-5)3-6-7/h4H,3H2,1,7H3. The van der Waals surface area contributed by atoms with Gasteiger partial charge in [0.15, 0.2) is 0 Å². The van der Waals surface area contributed by atoms with Gasteiger partial charge in [-0.15, -0.1) is 0 Å². The third-order valence-corrected chi connectivity index (χ3v) is 0.970. The van der Waals surface area contributed by atoms with Crippen LogP contribution in [0.25, 0.3) is 0 Å². The molecule has 0 fully saturated rings. The third-order valence-electron chi connectivity index (χ3n) is 0.637. The van der Waals surface area contributed by atoms with E-state index in [0.717, 1.165) is 10.5 Å². The molecule has 0 heterocycles. The van der Waals surface area contributed by atoms with Crippen molar-refractivity contribution in [2.75, 3.05) is 6.61 Å². The minimum absolute atomic E-state index is 0.0671. The molecule has 40 valence electrons. The SMILES string of the molecule is CC(C#N)CO[SiH3]. The number of rotatable bonds is 2. The lowest BCUT2D eigenvalue weighted by Gasteiger charge is -1.95. The van der Waals surface area contributed by atoms with Crippen molar-refractivity contribution >= 4 is 10.5 Å². The van der Waals surface area contributed by atoms with E-state index in [9.17, 15) is 0 Å². The highest BCUT2D eigenvalue weighted by molar-refractivity contribution is 5.97. The number of hydrogen-bond donors (Lipinski definition) is 0. The molecule has 0 radical (unpaired) electrons. The summed E-state index contributed by atoms with van der Waals surface area (Å²) in [5, 5.41) is 8.15. The van der Waals surface area contributed by atoms with Crippen molar-refractivity contribution in [1.82, 2.24) is 0 Å². The first-order valence-corrected chi connectivity index (χ1v) is 3.01. The number of nitriles is 1. The Morgan fingerprint density at radius 3 is 2.71 bits per heavy atom. The first kappa shape index (κ1) is 6.67. The largest absolute Gasteiger partial charge is 0.427 e. The van der Waals surface area contributed by atoms with Crippen molar-refractivity contribution < 1.29 is 4.43 Å². The molecule has 0 aliphatic rings. The summed E-state index contributed by atoms with van der Waals surface area (Å²) in [6.45, 7) is 2.45. The second kappa shape index (κ2) is 3.84. The minimum Gasteiger partial charge on any atom is -0.427 e. The van der Waals surface area contributed by atoms with Crippen LogP contribution >= 0.6 is 0 Å². The fourth-order valence-corrected chi connectivity index (χ4v) is 0.787. The highest BCUT2D eigenvalue weighted by Gasteiger charge is 1.93. The van der Waals surface area contributed by atoms with Crippen LogP contribution in [0.5, 0.6) is 0 Å². The summed E-state index contributed by atoms with van der Waals surface area (Å²) in [4.78, 5) is 0. The van der Waals surface area contributed by atoms with Crippen molar-refractivity contribution in [1.29, 1.82) is 5.26 Å². The van der Waals surface area contributed by atoms with E-state index in [1.165, 1.54) is 0 Å². The summed E-state index contributed by atoms with van der Waals surface area (Å²) in [5.74, 6) is 0.0671. The first-order chi connectivity index (χ1) is 3.31. The quantitative estimate of drug-likeness (QED) is 0.452. The highest BCUT2D eigenvalue weighted by atomic mass is 28.2. The Bertz CT molecular complexity index is 78.2. The predicted molar refractivity (Wildman–Crippen MR) is 30.7 cm³/mol. The maximum absolute atomic E-state index is 8.15. The van der Waals surface area contributed by atoms with Gasteiger partial charge in [-0.05, 0) is 6.92 Å². The molecule has 0 saturated heterocycles. The van der Waals surface area contributed by atoms with Crippen LogP contribution in [0.3, 0.4) is 0 Å². The van der Waals surface area contributed by atoms with Gasteiger partial charge in [0.1, 0.15) is 10.5 Å². The Balaban J connectivity index is 3.04. The molecule has 0 N–H and O–H groups in total. The van der Waals surface area contributed by atoms with Crippen LogP contribution in [0, 0.1) is 17.2 Å². The Hall–Kier alpha value is -0.333. The van der Waals surface area contributed by atoms with Gasteiger partial charge in [0, 0.05) is 6.61 Å². The lowest BCUT2D eigenvalue weighted by atomic mass is 10.2. The van der Waals surface area contributed by atoms with Crippen molar-refractivity contribution in [3.8, 4) is 6.07 Å². The van der Waals surface area contributed by atoms with Gasteiger partial charge in [-0.2, -0.15) is 5.26 Å². The van der Waals surface area contributed by atoms with E-state index < -0.39 is 0 Å². The minimum atomic E-state index is 0.0671.